The van der Waals surface area contributed by atoms with Crippen LogP contribution in [0.2, 0.25) is 0 Å². The molecule has 2 aromatic carbocycles. The summed E-state index contributed by atoms with van der Waals surface area (Å²) in [6, 6.07) is 11.3. The smallest absolute Gasteiger partial charge is 0.337 e. The summed E-state index contributed by atoms with van der Waals surface area (Å²) >= 11 is 5.07. The third-order valence-corrected chi connectivity index (χ3v) is 5.13. The number of anilines is 1. The molecule has 0 fully saturated rings. The van der Waals surface area contributed by atoms with Gasteiger partial charge in [0, 0.05) is 18.2 Å². The fourth-order valence-corrected chi connectivity index (χ4v) is 3.41. The van der Waals surface area contributed by atoms with Crippen LogP contribution in [0.1, 0.15) is 27.6 Å². The highest BCUT2D eigenvalue weighted by Gasteiger charge is 2.15. The van der Waals surface area contributed by atoms with E-state index in [9.17, 15) is 22.8 Å². The average Bonchev–Trinajstić information content (AvgIpc) is 2.66. The Bertz CT molecular complexity index is 1070. The average molecular weight is 435 g/mol. The van der Waals surface area contributed by atoms with Crippen molar-refractivity contribution in [1.82, 2.24) is 10.0 Å². The van der Waals surface area contributed by atoms with E-state index in [1.807, 2.05) is 4.72 Å². The SMILES string of the molecule is COC(=O)c1cccc(C(=O)NC(=S)Nc2ccc(S(=O)(=O)NC(C)=O)cc2)c1. The number of rotatable bonds is 5. The lowest BCUT2D eigenvalue weighted by Crippen LogP contribution is -2.34. The lowest BCUT2D eigenvalue weighted by Gasteiger charge is -2.11. The summed E-state index contributed by atoms with van der Waals surface area (Å²) in [5, 5.41) is 5.16. The number of nitrogens with one attached hydrogen (secondary N) is 3. The molecule has 3 N–H and O–H groups in total. The first-order chi connectivity index (χ1) is 13.6. The van der Waals surface area contributed by atoms with Crippen LogP contribution in [-0.4, -0.2) is 38.4 Å². The molecule has 2 amide bonds. The highest BCUT2D eigenvalue weighted by Crippen LogP contribution is 2.14. The molecule has 0 bridgehead atoms. The van der Waals surface area contributed by atoms with E-state index in [1.165, 1.54) is 55.6 Å². The zero-order valence-electron chi connectivity index (χ0n) is 15.4. The zero-order valence-corrected chi connectivity index (χ0v) is 17.0. The quantitative estimate of drug-likeness (QED) is 0.475. The third kappa shape index (κ3) is 6.09. The Hall–Kier alpha value is -3.31. The first-order valence-corrected chi connectivity index (χ1v) is 9.95. The van der Waals surface area contributed by atoms with Crippen LogP contribution in [0.3, 0.4) is 0 Å². The van der Waals surface area contributed by atoms with E-state index >= 15 is 0 Å². The van der Waals surface area contributed by atoms with Gasteiger partial charge in [0.1, 0.15) is 0 Å². The summed E-state index contributed by atoms with van der Waals surface area (Å²) in [5.74, 6) is -1.82. The minimum Gasteiger partial charge on any atom is -0.465 e. The van der Waals surface area contributed by atoms with E-state index in [4.69, 9.17) is 12.2 Å². The van der Waals surface area contributed by atoms with Crippen LogP contribution in [0.5, 0.6) is 0 Å². The molecular weight excluding hydrogens is 418 g/mol. The standard InChI is InChI=1S/C18H17N3O6S2/c1-11(22)21-29(25,26)15-8-6-14(7-9-15)19-18(28)20-16(23)12-4-3-5-13(10-12)17(24)27-2/h3-10H,1-2H3,(H,21,22)(H2,19,20,23,28). The van der Waals surface area contributed by atoms with Gasteiger partial charge in [-0.1, -0.05) is 6.07 Å². The molecule has 0 aliphatic heterocycles. The highest BCUT2D eigenvalue weighted by molar-refractivity contribution is 7.90. The van der Waals surface area contributed by atoms with Crippen LogP contribution < -0.4 is 15.4 Å². The summed E-state index contributed by atoms with van der Waals surface area (Å²) < 4.78 is 30.3. The summed E-state index contributed by atoms with van der Waals surface area (Å²) in [6.45, 7) is 1.09. The van der Waals surface area contributed by atoms with E-state index in [0.717, 1.165) is 6.92 Å². The van der Waals surface area contributed by atoms with E-state index in [0.29, 0.717) is 5.69 Å². The Kier molecular flexibility index (Phi) is 7.02. The molecule has 0 atom stereocenters. The molecule has 2 aromatic rings. The van der Waals surface area contributed by atoms with Crippen molar-refractivity contribution in [1.29, 1.82) is 0 Å². The van der Waals surface area contributed by atoms with E-state index in [-0.39, 0.29) is 21.1 Å². The number of hydrogen-bond donors (Lipinski definition) is 3. The molecule has 0 saturated carbocycles. The monoisotopic (exact) mass is 435 g/mol. The molecule has 0 aliphatic carbocycles. The van der Waals surface area contributed by atoms with Crippen molar-refractivity contribution in [2.45, 2.75) is 11.8 Å². The molecule has 0 spiro atoms. The number of carbonyl (C=O) groups excluding carboxylic acids is 3. The molecule has 9 nitrogen and oxygen atoms in total. The molecule has 0 heterocycles. The third-order valence-electron chi connectivity index (χ3n) is 3.47. The maximum atomic E-state index is 12.3. The van der Waals surface area contributed by atoms with Crippen LogP contribution in [0, 0.1) is 0 Å². The molecule has 11 heteroatoms. The van der Waals surface area contributed by atoms with Crippen LogP contribution in [0.4, 0.5) is 5.69 Å². The summed E-state index contributed by atoms with van der Waals surface area (Å²) in [5.41, 5.74) is 0.837. The highest BCUT2D eigenvalue weighted by atomic mass is 32.2. The number of amides is 2. The predicted octanol–water partition coefficient (Wildman–Crippen LogP) is 1.42. The maximum Gasteiger partial charge on any atom is 0.337 e. The normalized spacial score (nSPS) is 10.6. The summed E-state index contributed by atoms with van der Waals surface area (Å²) in [7, 11) is -2.70. The van der Waals surface area contributed by atoms with Crippen molar-refractivity contribution in [3.63, 3.8) is 0 Å². The van der Waals surface area contributed by atoms with Crippen molar-refractivity contribution in [2.75, 3.05) is 12.4 Å². The fraction of sp³-hybridized carbons (Fsp3) is 0.111. The first kappa shape index (κ1) is 22.0. The van der Waals surface area contributed by atoms with Gasteiger partial charge in [-0.05, 0) is 54.7 Å². The summed E-state index contributed by atoms with van der Waals surface area (Å²) in [6.07, 6.45) is 0. The van der Waals surface area contributed by atoms with Gasteiger partial charge in [0.2, 0.25) is 5.91 Å². The van der Waals surface area contributed by atoms with Gasteiger partial charge >= 0.3 is 5.97 Å². The number of hydrogen-bond acceptors (Lipinski definition) is 7. The lowest BCUT2D eigenvalue weighted by atomic mass is 10.1. The van der Waals surface area contributed by atoms with Gasteiger partial charge in [0.15, 0.2) is 5.11 Å². The molecule has 152 valence electrons. The van der Waals surface area contributed by atoms with Gasteiger partial charge in [-0.3, -0.25) is 14.9 Å². The van der Waals surface area contributed by atoms with Gasteiger partial charge in [-0.2, -0.15) is 0 Å². The largest absolute Gasteiger partial charge is 0.465 e. The van der Waals surface area contributed by atoms with Crippen molar-refractivity contribution < 1.29 is 27.5 Å². The van der Waals surface area contributed by atoms with Gasteiger partial charge in [-0.15, -0.1) is 0 Å². The Balaban J connectivity index is 2.03. The van der Waals surface area contributed by atoms with Crippen molar-refractivity contribution >= 4 is 50.8 Å². The molecular formula is C18H17N3O6S2. The number of esters is 1. The first-order valence-electron chi connectivity index (χ1n) is 8.06. The molecule has 2 rings (SSSR count). The van der Waals surface area contributed by atoms with Gasteiger partial charge in [0.25, 0.3) is 15.9 Å². The number of thiocarbonyl (C=S) groups is 1. The van der Waals surface area contributed by atoms with Crippen LogP contribution in [-0.2, 0) is 19.6 Å². The van der Waals surface area contributed by atoms with Crippen LogP contribution >= 0.6 is 12.2 Å². The Morgan fingerprint density at radius 1 is 1.00 bits per heavy atom. The lowest BCUT2D eigenvalue weighted by molar-refractivity contribution is -0.117. The number of methoxy groups -OCH3 is 1. The van der Waals surface area contributed by atoms with Gasteiger partial charge < -0.3 is 10.1 Å². The number of carbonyl (C=O) groups is 3. The number of ether oxygens (including phenoxy) is 1. The fourth-order valence-electron chi connectivity index (χ4n) is 2.21. The minimum absolute atomic E-state index is 0.0315. The molecule has 0 unspecified atom stereocenters. The molecule has 0 saturated heterocycles. The van der Waals surface area contributed by atoms with E-state index < -0.39 is 27.8 Å². The van der Waals surface area contributed by atoms with Crippen molar-refractivity contribution in [3.05, 3.63) is 59.7 Å². The second-order valence-corrected chi connectivity index (χ2v) is 7.76. The van der Waals surface area contributed by atoms with Gasteiger partial charge in [-0.25, -0.2) is 17.9 Å². The van der Waals surface area contributed by atoms with Crippen LogP contribution in [0.25, 0.3) is 0 Å². The Morgan fingerprint density at radius 2 is 1.62 bits per heavy atom. The molecule has 0 radical (unpaired) electrons. The zero-order chi connectivity index (χ0) is 21.6. The molecule has 29 heavy (non-hydrogen) atoms. The predicted molar refractivity (Wildman–Crippen MR) is 109 cm³/mol. The molecule has 0 aromatic heterocycles. The minimum atomic E-state index is -3.94. The van der Waals surface area contributed by atoms with E-state index in [1.54, 1.807) is 0 Å². The van der Waals surface area contributed by atoms with Crippen molar-refractivity contribution in [2.24, 2.45) is 0 Å². The topological polar surface area (TPSA) is 131 Å². The second-order valence-electron chi connectivity index (χ2n) is 5.67. The Morgan fingerprint density at radius 3 is 2.21 bits per heavy atom. The molecule has 0 aliphatic rings. The maximum absolute atomic E-state index is 12.3. The van der Waals surface area contributed by atoms with E-state index in [2.05, 4.69) is 15.4 Å². The summed E-state index contributed by atoms with van der Waals surface area (Å²) in [4.78, 5) is 34.7. The van der Waals surface area contributed by atoms with Gasteiger partial charge in [0.05, 0.1) is 17.6 Å². The van der Waals surface area contributed by atoms with Crippen molar-refractivity contribution in [3.8, 4) is 0 Å². The number of benzene rings is 2. The number of sulfonamides is 1. The van der Waals surface area contributed by atoms with Crippen LogP contribution in [0.15, 0.2) is 53.4 Å². The second kappa shape index (κ2) is 9.26. The Labute approximate surface area is 172 Å².